The van der Waals surface area contributed by atoms with Gasteiger partial charge in [-0.25, -0.2) is 0 Å². The number of amides is 1. The average molecular weight is 439 g/mol. The van der Waals surface area contributed by atoms with Gasteiger partial charge in [0, 0.05) is 18.7 Å². The number of nitrogens with zero attached hydrogens (tertiary/aromatic N) is 2. The van der Waals surface area contributed by atoms with Crippen molar-refractivity contribution in [2.45, 2.75) is 20.0 Å². The van der Waals surface area contributed by atoms with Gasteiger partial charge >= 0.3 is 0 Å². The average Bonchev–Trinajstić information content (AvgIpc) is 2.92. The summed E-state index contributed by atoms with van der Waals surface area (Å²) in [4.78, 5) is 19.1. The number of fused-ring (bicyclic) bond motifs is 3. The molecule has 152 valence electrons. The van der Waals surface area contributed by atoms with E-state index in [1.54, 1.807) is 12.1 Å². The number of rotatable bonds is 2. The lowest BCUT2D eigenvalue weighted by Gasteiger charge is -2.24. The van der Waals surface area contributed by atoms with E-state index >= 15 is 0 Å². The van der Waals surface area contributed by atoms with Crippen LogP contribution in [0, 0.1) is 0 Å². The minimum atomic E-state index is -0.428. The van der Waals surface area contributed by atoms with Crippen LogP contribution in [0.2, 0.25) is 10.0 Å². The highest BCUT2D eigenvalue weighted by Gasteiger charge is 2.23. The molecule has 0 unspecified atom stereocenters. The van der Waals surface area contributed by atoms with Crippen LogP contribution in [-0.2, 0) is 17.8 Å². The number of carbonyl (C=O) groups is 1. The minimum absolute atomic E-state index is 0.292. The van der Waals surface area contributed by atoms with Gasteiger partial charge in [-0.2, -0.15) is 4.99 Å². The first-order chi connectivity index (χ1) is 14.6. The predicted octanol–water partition coefficient (Wildman–Crippen LogP) is 6.21. The topological polar surface area (TPSA) is 41.9 Å². The van der Waals surface area contributed by atoms with Crippen LogP contribution in [0.3, 0.4) is 0 Å². The maximum Gasteiger partial charge on any atom is 0.296 e. The van der Waals surface area contributed by atoms with Crippen molar-refractivity contribution in [3.8, 4) is 11.1 Å². The zero-order chi connectivity index (χ0) is 21.1. The Morgan fingerprint density at radius 3 is 2.10 bits per heavy atom. The number of benzene rings is 3. The van der Waals surface area contributed by atoms with Crippen LogP contribution in [0.25, 0.3) is 11.1 Å². The molecular formula is C24H20Cl2N2O2. The van der Waals surface area contributed by atoms with E-state index in [-0.39, 0.29) is 0 Å². The van der Waals surface area contributed by atoms with Crippen molar-refractivity contribution in [2.24, 2.45) is 4.99 Å². The van der Waals surface area contributed by atoms with Crippen molar-refractivity contribution in [2.75, 3.05) is 6.61 Å². The highest BCUT2D eigenvalue weighted by Crippen LogP contribution is 2.32. The van der Waals surface area contributed by atoms with Crippen LogP contribution in [0.15, 0.2) is 71.7 Å². The number of hydrogen-bond donors (Lipinski definition) is 0. The summed E-state index contributed by atoms with van der Waals surface area (Å²) in [5.41, 5.74) is 5.02. The molecule has 0 saturated carbocycles. The molecule has 0 bridgehead atoms. The highest BCUT2D eigenvalue weighted by atomic mass is 35.5. The third-order valence-corrected chi connectivity index (χ3v) is 5.69. The smallest absolute Gasteiger partial charge is 0.296 e. The van der Waals surface area contributed by atoms with E-state index in [1.165, 1.54) is 17.2 Å². The molecule has 0 radical (unpaired) electrons. The Morgan fingerprint density at radius 1 is 0.933 bits per heavy atom. The Morgan fingerprint density at radius 2 is 1.53 bits per heavy atom. The number of carbonyl (C=O) groups excluding carboxylic acids is 1. The van der Waals surface area contributed by atoms with Gasteiger partial charge in [0.05, 0.1) is 16.7 Å². The van der Waals surface area contributed by atoms with Crippen molar-refractivity contribution in [3.05, 3.63) is 93.5 Å². The molecule has 0 aliphatic carbocycles. The van der Waals surface area contributed by atoms with Crippen molar-refractivity contribution < 1.29 is 9.53 Å². The van der Waals surface area contributed by atoms with E-state index in [9.17, 15) is 4.79 Å². The number of amidine groups is 1. The Bertz CT molecular complexity index is 1080. The summed E-state index contributed by atoms with van der Waals surface area (Å²) < 4.78 is 5.81. The maximum absolute atomic E-state index is 12.8. The normalized spacial score (nSPS) is 13.3. The van der Waals surface area contributed by atoms with Crippen LogP contribution in [0.4, 0.5) is 0 Å². The van der Waals surface area contributed by atoms with E-state index in [0.29, 0.717) is 41.3 Å². The van der Waals surface area contributed by atoms with Crippen LogP contribution in [-0.4, -0.2) is 23.4 Å². The first-order valence-electron chi connectivity index (χ1n) is 9.69. The Balaban J connectivity index is 1.73. The van der Waals surface area contributed by atoms with Gasteiger partial charge < -0.3 is 9.64 Å². The molecule has 0 saturated heterocycles. The quantitative estimate of drug-likeness (QED) is 0.352. The Kier molecular flexibility index (Phi) is 6.07. The maximum atomic E-state index is 12.8. The molecule has 0 atom stereocenters. The summed E-state index contributed by atoms with van der Waals surface area (Å²) in [6.07, 6.45) is 0. The molecule has 1 heterocycles. The molecule has 3 aromatic carbocycles. The Hall–Kier alpha value is -2.82. The van der Waals surface area contributed by atoms with Crippen LogP contribution in [0.5, 0.6) is 0 Å². The zero-order valence-electron chi connectivity index (χ0n) is 16.4. The first-order valence-corrected chi connectivity index (χ1v) is 10.4. The minimum Gasteiger partial charge on any atom is -0.465 e. The third-order valence-electron chi connectivity index (χ3n) is 4.96. The summed E-state index contributed by atoms with van der Waals surface area (Å²) in [6, 6.07) is 21.5. The second kappa shape index (κ2) is 8.90. The second-order valence-corrected chi connectivity index (χ2v) is 7.75. The molecule has 0 N–H and O–H groups in total. The molecular weight excluding hydrogens is 419 g/mol. The fraction of sp³-hybridized carbons (Fsp3) is 0.167. The standard InChI is InChI=1S/C24H20Cl2N2O2/c1-2-30-24(27-23(29)16-11-12-21(25)22(26)13-16)28-14-17-7-3-5-9-19(17)20-10-6-4-8-18(20)15-28/h3-13H,2,14-15H2,1H3/b27-24-. The monoisotopic (exact) mass is 438 g/mol. The van der Waals surface area contributed by atoms with Gasteiger partial charge in [0.1, 0.15) is 0 Å². The first kappa shape index (κ1) is 20.5. The fourth-order valence-corrected chi connectivity index (χ4v) is 3.85. The van der Waals surface area contributed by atoms with Crippen LogP contribution in [0.1, 0.15) is 28.4 Å². The van der Waals surface area contributed by atoms with Gasteiger partial charge in [-0.1, -0.05) is 71.7 Å². The van der Waals surface area contributed by atoms with Gasteiger partial charge in [0.15, 0.2) is 0 Å². The lowest BCUT2D eigenvalue weighted by atomic mass is 9.97. The van der Waals surface area contributed by atoms with Gasteiger partial charge in [-0.05, 0) is 47.4 Å². The lowest BCUT2D eigenvalue weighted by Crippen LogP contribution is -2.32. The van der Waals surface area contributed by atoms with Crippen molar-refractivity contribution >= 4 is 35.1 Å². The van der Waals surface area contributed by atoms with E-state index in [2.05, 4.69) is 29.3 Å². The predicted molar refractivity (Wildman–Crippen MR) is 121 cm³/mol. The van der Waals surface area contributed by atoms with E-state index in [4.69, 9.17) is 27.9 Å². The molecule has 0 spiro atoms. The van der Waals surface area contributed by atoms with Crippen LogP contribution >= 0.6 is 23.2 Å². The third kappa shape index (κ3) is 4.20. The molecule has 6 heteroatoms. The van der Waals surface area contributed by atoms with Gasteiger partial charge in [-0.3, -0.25) is 4.79 Å². The molecule has 0 aromatic heterocycles. The highest BCUT2D eigenvalue weighted by molar-refractivity contribution is 6.42. The summed E-state index contributed by atoms with van der Waals surface area (Å²) >= 11 is 12.0. The molecule has 1 amide bonds. The molecule has 4 rings (SSSR count). The molecule has 1 aliphatic heterocycles. The molecule has 30 heavy (non-hydrogen) atoms. The van der Waals surface area contributed by atoms with E-state index < -0.39 is 5.91 Å². The second-order valence-electron chi connectivity index (χ2n) is 6.93. The number of halogens is 2. The summed E-state index contributed by atoms with van der Waals surface area (Å²) in [7, 11) is 0. The molecule has 0 fully saturated rings. The lowest BCUT2D eigenvalue weighted by molar-refractivity contribution is 0.0993. The molecule has 4 nitrogen and oxygen atoms in total. The van der Waals surface area contributed by atoms with Gasteiger partial charge in [0.2, 0.25) is 0 Å². The van der Waals surface area contributed by atoms with E-state index in [0.717, 1.165) is 11.1 Å². The van der Waals surface area contributed by atoms with E-state index in [1.807, 2.05) is 36.1 Å². The summed E-state index contributed by atoms with van der Waals surface area (Å²) in [5, 5.41) is 0.705. The number of hydrogen-bond acceptors (Lipinski definition) is 2. The van der Waals surface area contributed by atoms with Gasteiger partial charge in [0.25, 0.3) is 11.9 Å². The summed E-state index contributed by atoms with van der Waals surface area (Å²) in [5.74, 6) is -0.428. The SMILES string of the molecule is CCO/C(=N\C(=O)c1ccc(Cl)c(Cl)c1)N1Cc2ccccc2-c2ccccc2C1. The largest absolute Gasteiger partial charge is 0.465 e. The number of ether oxygens (including phenoxy) is 1. The Labute approximate surface area is 185 Å². The molecule has 1 aliphatic rings. The number of aliphatic imine (C=N–C) groups is 1. The van der Waals surface area contributed by atoms with Crippen molar-refractivity contribution in [1.82, 2.24) is 4.90 Å². The van der Waals surface area contributed by atoms with Crippen molar-refractivity contribution in [3.63, 3.8) is 0 Å². The zero-order valence-corrected chi connectivity index (χ0v) is 18.0. The fourth-order valence-electron chi connectivity index (χ4n) is 3.55. The van der Waals surface area contributed by atoms with Crippen LogP contribution < -0.4 is 0 Å². The molecule has 3 aromatic rings. The van der Waals surface area contributed by atoms with Crippen molar-refractivity contribution in [1.29, 1.82) is 0 Å². The summed E-state index contributed by atoms with van der Waals surface area (Å²) in [6.45, 7) is 3.43. The van der Waals surface area contributed by atoms with Gasteiger partial charge in [-0.15, -0.1) is 0 Å².